The number of benzene rings is 6. The van der Waals surface area contributed by atoms with E-state index in [2.05, 4.69) is 208 Å². The first-order valence-corrected chi connectivity index (χ1v) is 25.7. The second-order valence-corrected chi connectivity index (χ2v) is 19.1. The summed E-state index contributed by atoms with van der Waals surface area (Å²) in [5.74, 6) is 1.79. The molecule has 2 aliphatic heterocycles. The van der Waals surface area contributed by atoms with Crippen LogP contribution in [0, 0.1) is 0 Å². The summed E-state index contributed by atoms with van der Waals surface area (Å²) >= 11 is 12.1. The van der Waals surface area contributed by atoms with Gasteiger partial charge in [0.25, 0.3) is 0 Å². The van der Waals surface area contributed by atoms with E-state index in [0.29, 0.717) is 0 Å². The van der Waals surface area contributed by atoms with Gasteiger partial charge in [-0.3, -0.25) is 19.6 Å². The standard InChI is InChI=1S/2C29H31ClN6/c2*30-27-15-13-25(14-16-27)17-19-36-29(31-32-33-36)28(26-11-5-2-6-12-26)35-22-20-34(21-23-35)18-7-10-24-8-3-1-4-9-24/h2*1-16,28H,17-23H2/b2*10-7+/t2*28-/m10/s1. The molecule has 0 amide bonds. The van der Waals surface area contributed by atoms with Crippen LogP contribution in [-0.4, -0.2) is 125 Å². The molecular weight excluding hydrogens is 936 g/mol. The first-order chi connectivity index (χ1) is 35.5. The average molecular weight is 998 g/mol. The maximum absolute atomic E-state index is 6.05. The van der Waals surface area contributed by atoms with Gasteiger partial charge in [0.1, 0.15) is 0 Å². The Bertz CT molecular complexity index is 2660. The van der Waals surface area contributed by atoms with Crippen LogP contribution in [0.3, 0.4) is 0 Å². The van der Waals surface area contributed by atoms with Crippen LogP contribution in [0.1, 0.15) is 57.1 Å². The van der Waals surface area contributed by atoms with Gasteiger partial charge in [-0.05, 0) is 91.3 Å². The van der Waals surface area contributed by atoms with Crippen LogP contribution in [0.5, 0.6) is 0 Å². The van der Waals surface area contributed by atoms with Crippen LogP contribution in [0.25, 0.3) is 12.2 Å². The minimum Gasteiger partial charge on any atom is -0.297 e. The molecule has 0 unspecified atom stereocenters. The fraction of sp³-hybridized carbons (Fsp3) is 0.276. The number of tetrazole rings is 2. The topological polar surface area (TPSA) is 100 Å². The predicted octanol–water partition coefficient (Wildman–Crippen LogP) is 9.98. The van der Waals surface area contributed by atoms with Crippen molar-refractivity contribution >= 4 is 35.4 Å². The minimum atomic E-state index is 0.0217. The van der Waals surface area contributed by atoms with Crippen molar-refractivity contribution in [1.82, 2.24) is 60.0 Å². The van der Waals surface area contributed by atoms with Gasteiger partial charge in [0.05, 0.1) is 12.1 Å². The fourth-order valence-corrected chi connectivity index (χ4v) is 9.69. The molecule has 8 aromatic rings. The van der Waals surface area contributed by atoms with E-state index in [1.54, 1.807) is 0 Å². The molecule has 10 rings (SSSR count). The minimum absolute atomic E-state index is 0.0217. The molecule has 2 aromatic heterocycles. The molecule has 0 spiro atoms. The normalized spacial score (nSPS) is 15.9. The Labute approximate surface area is 433 Å². The molecule has 0 bridgehead atoms. The highest BCUT2D eigenvalue weighted by molar-refractivity contribution is 6.30. The molecule has 12 nitrogen and oxygen atoms in total. The van der Waals surface area contributed by atoms with Gasteiger partial charge in [0, 0.05) is 88.6 Å². The van der Waals surface area contributed by atoms with Crippen LogP contribution in [-0.2, 0) is 25.9 Å². The van der Waals surface area contributed by atoms with Crippen LogP contribution in [0.4, 0.5) is 0 Å². The number of rotatable bonds is 18. The maximum Gasteiger partial charge on any atom is 0.173 e. The van der Waals surface area contributed by atoms with Crippen LogP contribution >= 0.6 is 23.2 Å². The Morgan fingerprint density at radius 2 is 0.764 bits per heavy atom. The van der Waals surface area contributed by atoms with Crippen LogP contribution < -0.4 is 0 Å². The van der Waals surface area contributed by atoms with Gasteiger partial charge in [0.15, 0.2) is 11.6 Å². The van der Waals surface area contributed by atoms with E-state index in [0.717, 1.165) is 113 Å². The number of nitrogens with zero attached hydrogens (tertiary/aromatic N) is 12. The third kappa shape index (κ3) is 14.3. The van der Waals surface area contributed by atoms with Gasteiger partial charge < -0.3 is 0 Å². The molecule has 0 radical (unpaired) electrons. The molecule has 4 heterocycles. The smallest absolute Gasteiger partial charge is 0.173 e. The van der Waals surface area contributed by atoms with Crippen LogP contribution in [0.2, 0.25) is 10.0 Å². The second kappa shape index (κ2) is 26.2. The second-order valence-electron chi connectivity index (χ2n) is 18.2. The summed E-state index contributed by atoms with van der Waals surface area (Å²) < 4.78 is 3.92. The van der Waals surface area contributed by atoms with Gasteiger partial charge in [-0.15, -0.1) is 10.2 Å². The van der Waals surface area contributed by atoms with Gasteiger partial charge in [-0.2, -0.15) is 0 Å². The van der Waals surface area contributed by atoms with Crippen molar-refractivity contribution in [2.24, 2.45) is 0 Å². The zero-order valence-electron chi connectivity index (χ0n) is 40.7. The third-order valence-electron chi connectivity index (χ3n) is 13.4. The lowest BCUT2D eigenvalue weighted by Crippen LogP contribution is -2.48. The molecular formula is C58H62Cl2N12. The first-order valence-electron chi connectivity index (χ1n) is 25.0. The number of aryl methyl sites for hydroxylation is 4. The van der Waals surface area contributed by atoms with Gasteiger partial charge in [-0.1, -0.05) is 193 Å². The molecule has 6 aromatic carbocycles. The van der Waals surface area contributed by atoms with Crippen molar-refractivity contribution in [2.75, 3.05) is 65.4 Å². The number of aromatic nitrogens is 8. The Kier molecular flexibility index (Phi) is 18.3. The van der Waals surface area contributed by atoms with E-state index in [9.17, 15) is 0 Å². The molecule has 2 fully saturated rings. The molecule has 368 valence electrons. The number of hydrogen-bond donors (Lipinski definition) is 0. The Morgan fingerprint density at radius 1 is 0.417 bits per heavy atom. The average Bonchev–Trinajstić information content (AvgIpc) is 4.10. The fourth-order valence-electron chi connectivity index (χ4n) is 9.43. The monoisotopic (exact) mass is 996 g/mol. The van der Waals surface area contributed by atoms with Gasteiger partial charge >= 0.3 is 0 Å². The SMILES string of the molecule is Clc1ccc(CCn2nnnc2[C@@H](c2ccccc2)N2CCN(C/C=C/c3ccccc3)CC2)cc1.Clc1ccc(CCn2nnnc2[C@H](c2ccccc2)N2CCN(C/C=C/c3ccccc3)CC2)cc1. The van der Waals surface area contributed by atoms with Crippen molar-refractivity contribution in [1.29, 1.82) is 0 Å². The zero-order valence-corrected chi connectivity index (χ0v) is 42.2. The van der Waals surface area contributed by atoms with E-state index in [1.807, 2.05) is 45.8 Å². The quantitative estimate of drug-likeness (QED) is 0.0827. The van der Waals surface area contributed by atoms with Gasteiger partial charge in [-0.25, -0.2) is 9.36 Å². The molecule has 0 saturated carbocycles. The molecule has 2 atom stereocenters. The van der Waals surface area contributed by atoms with E-state index in [4.69, 9.17) is 23.2 Å². The number of halogens is 2. The lowest BCUT2D eigenvalue weighted by Gasteiger charge is -2.38. The van der Waals surface area contributed by atoms with E-state index >= 15 is 0 Å². The van der Waals surface area contributed by atoms with Crippen molar-refractivity contribution in [3.05, 3.63) is 237 Å². The van der Waals surface area contributed by atoms with E-state index < -0.39 is 0 Å². The highest BCUT2D eigenvalue weighted by Gasteiger charge is 2.32. The molecule has 0 N–H and O–H groups in total. The maximum atomic E-state index is 6.05. The molecule has 0 aliphatic carbocycles. The summed E-state index contributed by atoms with van der Waals surface area (Å²) in [6.07, 6.45) is 10.6. The lowest BCUT2D eigenvalue weighted by atomic mass is 10.0. The van der Waals surface area contributed by atoms with Crippen molar-refractivity contribution in [3.63, 3.8) is 0 Å². The summed E-state index contributed by atoms with van der Waals surface area (Å²) in [7, 11) is 0. The van der Waals surface area contributed by atoms with E-state index in [-0.39, 0.29) is 12.1 Å². The largest absolute Gasteiger partial charge is 0.297 e. The van der Waals surface area contributed by atoms with Crippen molar-refractivity contribution in [2.45, 2.75) is 38.0 Å². The molecule has 2 saturated heterocycles. The highest BCUT2D eigenvalue weighted by Crippen LogP contribution is 2.30. The molecule has 14 heteroatoms. The van der Waals surface area contributed by atoms with Crippen LogP contribution in [0.15, 0.2) is 182 Å². The lowest BCUT2D eigenvalue weighted by molar-refractivity contribution is 0.112. The summed E-state index contributed by atoms with van der Waals surface area (Å²) in [4.78, 5) is 10.0. The predicted molar refractivity (Wildman–Crippen MR) is 289 cm³/mol. The Balaban J connectivity index is 0.000000178. The Hall–Kier alpha value is -6.64. The molecule has 2 aliphatic rings. The van der Waals surface area contributed by atoms with Crippen molar-refractivity contribution < 1.29 is 0 Å². The summed E-state index contributed by atoms with van der Waals surface area (Å²) in [6.45, 7) is 11.2. The third-order valence-corrected chi connectivity index (χ3v) is 13.9. The number of piperazine rings is 2. The molecule has 72 heavy (non-hydrogen) atoms. The number of hydrogen-bond acceptors (Lipinski definition) is 10. The van der Waals surface area contributed by atoms with E-state index in [1.165, 1.54) is 33.4 Å². The zero-order chi connectivity index (χ0) is 49.2. The summed E-state index contributed by atoms with van der Waals surface area (Å²) in [5, 5.41) is 27.4. The highest BCUT2D eigenvalue weighted by atomic mass is 35.5. The Morgan fingerprint density at radius 3 is 1.12 bits per heavy atom. The first kappa shape index (κ1) is 50.3. The summed E-state index contributed by atoms with van der Waals surface area (Å²) in [5.41, 5.74) is 7.36. The van der Waals surface area contributed by atoms with Crippen molar-refractivity contribution in [3.8, 4) is 0 Å². The van der Waals surface area contributed by atoms with Gasteiger partial charge in [0.2, 0.25) is 0 Å². The summed E-state index contributed by atoms with van der Waals surface area (Å²) in [6, 6.07) is 58.1.